The molecule has 9 N–H and O–H groups in total. The second-order valence-corrected chi connectivity index (χ2v) is 27.8. The molecule has 0 radical (unpaired) electrons. The van der Waals surface area contributed by atoms with Crippen molar-refractivity contribution in [3.63, 3.8) is 0 Å². The van der Waals surface area contributed by atoms with Crippen molar-refractivity contribution in [3.8, 4) is 51.7 Å². The molecule has 91 heavy (non-hydrogen) atoms. The molecule has 0 heterocycles. The van der Waals surface area contributed by atoms with E-state index in [0.717, 1.165) is 87.4 Å². The zero-order chi connectivity index (χ0) is 68.0. The Morgan fingerprint density at radius 2 is 0.582 bits per heavy atom. The van der Waals surface area contributed by atoms with Gasteiger partial charge in [0.25, 0.3) is 0 Å². The van der Waals surface area contributed by atoms with Gasteiger partial charge in [-0.15, -0.1) is 0 Å². The molecule has 0 saturated carbocycles. The Morgan fingerprint density at radius 1 is 0.231 bits per heavy atom. The van der Waals surface area contributed by atoms with E-state index in [1.165, 1.54) is 34.4 Å². The van der Waals surface area contributed by atoms with Crippen molar-refractivity contribution in [1.29, 1.82) is 0 Å². The van der Waals surface area contributed by atoms with Crippen LogP contribution in [0.4, 0.5) is 0 Å². The molecule has 0 atom stereocenters. The molecule has 9 nitrogen and oxygen atoms in total. The van der Waals surface area contributed by atoms with Crippen LogP contribution in [0.15, 0.2) is 176 Å². The first-order valence-corrected chi connectivity index (χ1v) is 32.2. The number of phenolic OH excluding ortho intramolecular Hbond substituents is 9. The number of benzene rings is 10. The summed E-state index contributed by atoms with van der Waals surface area (Å²) < 4.78 is 0. The number of hydrogen-bond donors (Lipinski definition) is 9. The first-order chi connectivity index (χ1) is 42.6. The molecule has 0 unspecified atom stereocenters. The van der Waals surface area contributed by atoms with E-state index in [1.54, 1.807) is 54.6 Å². The van der Waals surface area contributed by atoms with Crippen LogP contribution in [0.5, 0.6) is 51.7 Å². The molecule has 10 rings (SSSR count). The van der Waals surface area contributed by atoms with Crippen molar-refractivity contribution >= 4 is 43.1 Å². The van der Waals surface area contributed by atoms with Gasteiger partial charge in [-0.2, -0.15) is 0 Å². The second kappa shape index (κ2) is 30.5. The van der Waals surface area contributed by atoms with Gasteiger partial charge in [0.1, 0.15) is 40.2 Å². The fourth-order valence-electron chi connectivity index (χ4n) is 10.6. The molecular formula is C82H104O9. The van der Waals surface area contributed by atoms with Crippen molar-refractivity contribution in [2.45, 2.75) is 196 Å². The van der Waals surface area contributed by atoms with Crippen LogP contribution >= 0.6 is 0 Å². The van der Waals surface area contributed by atoms with Crippen LogP contribution < -0.4 is 0 Å². The minimum absolute atomic E-state index is 0.00375. The third kappa shape index (κ3) is 18.1. The molecule has 0 aliphatic heterocycles. The van der Waals surface area contributed by atoms with Crippen LogP contribution in [0.2, 0.25) is 0 Å². The van der Waals surface area contributed by atoms with Crippen molar-refractivity contribution in [3.05, 3.63) is 209 Å². The molecule has 0 aliphatic carbocycles. The smallest absolute Gasteiger partial charge is 0.157 e. The van der Waals surface area contributed by atoms with Crippen LogP contribution in [0.1, 0.15) is 197 Å². The molecule has 0 aliphatic rings. The molecule has 0 amide bonds. The Labute approximate surface area is 543 Å². The Balaban J connectivity index is 0.000000200. The largest absolute Gasteiger partial charge is 0.508 e. The normalized spacial score (nSPS) is 11.8. The summed E-state index contributed by atoms with van der Waals surface area (Å²) in [5.41, 5.74) is 7.68. The van der Waals surface area contributed by atoms with Gasteiger partial charge in [-0.05, 0) is 187 Å². The molecule has 0 saturated heterocycles. The van der Waals surface area contributed by atoms with Crippen molar-refractivity contribution in [2.75, 3.05) is 0 Å². The van der Waals surface area contributed by atoms with Gasteiger partial charge < -0.3 is 46.0 Å². The Morgan fingerprint density at radius 3 is 1.02 bits per heavy atom. The standard InChI is InChI=1S/C19H20O.C15H18O2.C15H18O.2C11H16O2.C11H16O/c1-4-19(2,3)17-13-9-5-7-11-15(13)18(20)16-12-8-6-10-14(16)17;1-4-15(2,3)13-7-8-14(17)12-9-10(16)5-6-11(12)13;1-4-15(2,3)13-9-10-14(16)12-8-6-5-7-11(12)13;1-4-11(2,3)8-5-9(12)7-10(13)6-8;1-4-11(2,3)8-5-6-9(12)10(13)7-8;1-4-11(2,3)9-5-7-10(12)8-6-9/h5-12,20H,4H2,1-3H3;5-9,16-17H,4H2,1-3H3;5-10,16H,4H2,1-3H3;2*5-7,12-13H,4H2,1-3H3;5-8,12H,4H2,1-3H3. The summed E-state index contributed by atoms with van der Waals surface area (Å²) in [4.78, 5) is 0. The molecule has 0 bridgehead atoms. The highest BCUT2D eigenvalue weighted by atomic mass is 16.3. The topological polar surface area (TPSA) is 182 Å². The Kier molecular flexibility index (Phi) is 24.5. The van der Waals surface area contributed by atoms with Gasteiger partial charge in [0.15, 0.2) is 11.5 Å². The number of rotatable bonds is 12. The SMILES string of the molecule is CCC(C)(C)c1c2ccccc2c(O)c2ccccc12.CCC(C)(C)c1cc(O)cc(O)c1.CCC(C)(C)c1ccc(O)c(O)c1.CCC(C)(C)c1ccc(O)c2cc(O)ccc12.CCC(C)(C)c1ccc(O)c2ccccc12.CCC(C)(C)c1ccc(O)cc1. The first-order valence-electron chi connectivity index (χ1n) is 32.2. The van der Waals surface area contributed by atoms with E-state index >= 15 is 0 Å². The zero-order valence-electron chi connectivity index (χ0n) is 57.5. The van der Waals surface area contributed by atoms with Crippen LogP contribution in [-0.4, -0.2) is 46.0 Å². The van der Waals surface area contributed by atoms with Gasteiger partial charge in [0, 0.05) is 27.6 Å². The van der Waals surface area contributed by atoms with E-state index in [4.69, 9.17) is 10.2 Å². The highest BCUT2D eigenvalue weighted by Gasteiger charge is 2.27. The fraction of sp³-hybridized carbons (Fsp3) is 0.366. The van der Waals surface area contributed by atoms with Crippen molar-refractivity contribution in [1.82, 2.24) is 0 Å². The van der Waals surface area contributed by atoms with Crippen LogP contribution in [0.3, 0.4) is 0 Å². The molecule has 486 valence electrons. The van der Waals surface area contributed by atoms with Gasteiger partial charge >= 0.3 is 0 Å². The number of hydrogen-bond acceptors (Lipinski definition) is 9. The predicted molar refractivity (Wildman–Crippen MR) is 384 cm³/mol. The van der Waals surface area contributed by atoms with E-state index in [2.05, 4.69) is 143 Å². The second-order valence-electron chi connectivity index (χ2n) is 27.8. The maximum atomic E-state index is 10.6. The highest BCUT2D eigenvalue weighted by molar-refractivity contribution is 6.09. The fourth-order valence-corrected chi connectivity index (χ4v) is 10.6. The molecule has 0 spiro atoms. The lowest BCUT2D eigenvalue weighted by atomic mass is 9.77. The summed E-state index contributed by atoms with van der Waals surface area (Å²) in [6.07, 6.45) is 6.24. The van der Waals surface area contributed by atoms with Crippen LogP contribution in [0, 0.1) is 0 Å². The van der Waals surface area contributed by atoms with E-state index in [0.29, 0.717) is 22.6 Å². The van der Waals surface area contributed by atoms with Crippen LogP contribution in [0.25, 0.3) is 43.1 Å². The van der Waals surface area contributed by atoms with Gasteiger partial charge in [-0.3, -0.25) is 0 Å². The maximum Gasteiger partial charge on any atom is 0.157 e. The third-order valence-corrected chi connectivity index (χ3v) is 19.3. The first kappa shape index (κ1) is 73.2. The summed E-state index contributed by atoms with van der Waals surface area (Å²) in [7, 11) is 0. The highest BCUT2D eigenvalue weighted by Crippen LogP contribution is 2.45. The molecule has 0 fully saturated rings. The molecule has 10 aromatic carbocycles. The molecular weight excluding hydrogens is 1130 g/mol. The van der Waals surface area contributed by atoms with Gasteiger partial charge in [0.05, 0.1) is 0 Å². The van der Waals surface area contributed by atoms with E-state index < -0.39 is 0 Å². The maximum absolute atomic E-state index is 10.6. The average Bonchev–Trinajstić information content (AvgIpc) is 0.882. The number of fused-ring (bicyclic) bond motifs is 4. The molecule has 0 aromatic heterocycles. The monoisotopic (exact) mass is 1230 g/mol. The van der Waals surface area contributed by atoms with Gasteiger partial charge in [-0.1, -0.05) is 234 Å². The third-order valence-electron chi connectivity index (χ3n) is 19.3. The van der Waals surface area contributed by atoms with E-state index in [-0.39, 0.29) is 67.0 Å². The minimum atomic E-state index is -0.0596. The van der Waals surface area contributed by atoms with E-state index in [9.17, 15) is 35.7 Å². The summed E-state index contributed by atoms with van der Waals surface area (Å²) in [5, 5.41) is 93.9. The minimum Gasteiger partial charge on any atom is -0.508 e. The lowest BCUT2D eigenvalue weighted by molar-refractivity contribution is 0.400. The lowest BCUT2D eigenvalue weighted by Crippen LogP contribution is -2.16. The van der Waals surface area contributed by atoms with Crippen LogP contribution in [-0.2, 0) is 32.5 Å². The Bertz CT molecular complexity index is 3940. The quantitative estimate of drug-likeness (QED) is 0.0425. The van der Waals surface area contributed by atoms with Crippen molar-refractivity contribution < 1.29 is 46.0 Å². The summed E-state index contributed by atoms with van der Waals surface area (Å²) in [6.45, 7) is 39.1. The zero-order valence-corrected chi connectivity index (χ0v) is 57.5. The van der Waals surface area contributed by atoms with Crippen molar-refractivity contribution in [2.24, 2.45) is 0 Å². The number of phenols is 9. The van der Waals surface area contributed by atoms with E-state index in [1.807, 2.05) is 91.0 Å². The molecule has 9 heteroatoms. The van der Waals surface area contributed by atoms with Gasteiger partial charge in [-0.25, -0.2) is 0 Å². The lowest BCUT2D eigenvalue weighted by Gasteiger charge is -2.27. The Hall–Kier alpha value is -8.56. The number of aromatic hydroxyl groups is 9. The van der Waals surface area contributed by atoms with Gasteiger partial charge in [0.2, 0.25) is 0 Å². The predicted octanol–water partition coefficient (Wildman–Crippen LogP) is 22.2. The molecule has 10 aromatic rings. The summed E-state index contributed by atoms with van der Waals surface area (Å²) in [5.74, 6) is 1.64. The average molecular weight is 1230 g/mol. The summed E-state index contributed by atoms with van der Waals surface area (Å²) >= 11 is 0. The summed E-state index contributed by atoms with van der Waals surface area (Å²) in [6, 6.07) is 54.2.